The van der Waals surface area contributed by atoms with Gasteiger partial charge in [0.25, 0.3) is 5.91 Å². The summed E-state index contributed by atoms with van der Waals surface area (Å²) in [5.41, 5.74) is 7.36. The van der Waals surface area contributed by atoms with E-state index in [2.05, 4.69) is 10.3 Å². The molecule has 0 aliphatic rings. The van der Waals surface area contributed by atoms with E-state index < -0.39 is 12.0 Å². The average Bonchev–Trinajstić information content (AvgIpc) is 2.90. The van der Waals surface area contributed by atoms with Crippen LogP contribution in [0, 0.1) is 0 Å². The van der Waals surface area contributed by atoms with Gasteiger partial charge in [0.2, 0.25) is 0 Å². The first-order valence-electron chi connectivity index (χ1n) is 11.2. The van der Waals surface area contributed by atoms with Gasteiger partial charge < -0.3 is 30.4 Å². The number of hydrogen-bond donors (Lipinski definition) is 3. The van der Waals surface area contributed by atoms with E-state index in [0.29, 0.717) is 45.2 Å². The summed E-state index contributed by atoms with van der Waals surface area (Å²) in [5.74, 6) is 0.716. The molecule has 0 aliphatic carbocycles. The second-order valence-electron chi connectivity index (χ2n) is 7.86. The number of nitrogens with one attached hydrogen (secondary N) is 1. The van der Waals surface area contributed by atoms with Crippen molar-refractivity contribution in [3.8, 4) is 23.0 Å². The lowest BCUT2D eigenvalue weighted by Gasteiger charge is -2.15. The van der Waals surface area contributed by atoms with Gasteiger partial charge in [-0.2, -0.15) is 0 Å². The lowest BCUT2D eigenvalue weighted by Crippen LogP contribution is -2.31. The predicted octanol–water partition coefficient (Wildman–Crippen LogP) is 4.47. The van der Waals surface area contributed by atoms with Crippen molar-refractivity contribution in [1.82, 2.24) is 4.98 Å². The monoisotopic (exact) mass is 487 g/mol. The Morgan fingerprint density at radius 2 is 1.75 bits per heavy atom. The molecule has 0 bridgehead atoms. The van der Waals surface area contributed by atoms with Gasteiger partial charge in [0, 0.05) is 35.3 Å². The van der Waals surface area contributed by atoms with Crippen molar-refractivity contribution in [3.05, 3.63) is 84.6 Å². The molecule has 36 heavy (non-hydrogen) atoms. The van der Waals surface area contributed by atoms with Crippen molar-refractivity contribution in [1.29, 1.82) is 0 Å². The molecule has 184 valence electrons. The van der Waals surface area contributed by atoms with Crippen LogP contribution in [0.3, 0.4) is 0 Å². The molecule has 0 spiro atoms. The zero-order valence-corrected chi connectivity index (χ0v) is 19.5. The molecule has 0 aliphatic heterocycles. The Hall–Kier alpha value is -4.63. The predicted molar refractivity (Wildman–Crippen MR) is 135 cm³/mol. The van der Waals surface area contributed by atoms with Gasteiger partial charge in [-0.3, -0.25) is 14.6 Å². The highest BCUT2D eigenvalue weighted by molar-refractivity contribution is 6.04. The van der Waals surface area contributed by atoms with Crippen LogP contribution in [0.1, 0.15) is 16.8 Å². The molecule has 0 radical (unpaired) electrons. The van der Waals surface area contributed by atoms with Crippen molar-refractivity contribution >= 4 is 28.5 Å². The van der Waals surface area contributed by atoms with E-state index in [-0.39, 0.29) is 18.9 Å². The molecule has 0 saturated heterocycles. The number of nitrogens with zero attached hydrogens (tertiary/aromatic N) is 1. The Kier molecular flexibility index (Phi) is 7.62. The van der Waals surface area contributed by atoms with Crippen molar-refractivity contribution in [2.75, 3.05) is 19.0 Å². The first kappa shape index (κ1) is 24.5. The van der Waals surface area contributed by atoms with Gasteiger partial charge in [0.15, 0.2) is 11.5 Å². The fourth-order valence-electron chi connectivity index (χ4n) is 3.44. The van der Waals surface area contributed by atoms with E-state index in [0.717, 1.165) is 0 Å². The fraction of sp³-hybridized carbons (Fsp3) is 0.148. The maximum atomic E-state index is 12.3. The molecule has 1 aromatic heterocycles. The summed E-state index contributed by atoms with van der Waals surface area (Å²) in [5, 5.41) is 12.5. The third-order valence-corrected chi connectivity index (χ3v) is 5.37. The maximum absolute atomic E-state index is 12.3. The van der Waals surface area contributed by atoms with Crippen LogP contribution in [-0.2, 0) is 4.79 Å². The number of carboxylic acid groups (broad SMARTS) is 1. The quantitative estimate of drug-likeness (QED) is 0.298. The first-order chi connectivity index (χ1) is 17.4. The molecule has 4 rings (SSSR count). The van der Waals surface area contributed by atoms with Crippen LogP contribution < -0.4 is 25.3 Å². The van der Waals surface area contributed by atoms with E-state index in [9.17, 15) is 9.59 Å². The number of hydrogen-bond acceptors (Lipinski definition) is 7. The topological polar surface area (TPSA) is 133 Å². The summed E-state index contributed by atoms with van der Waals surface area (Å²) in [6, 6.07) is 20.2. The van der Waals surface area contributed by atoms with Gasteiger partial charge in [0.1, 0.15) is 17.5 Å². The van der Waals surface area contributed by atoms with Gasteiger partial charge in [-0.05, 0) is 48.5 Å². The number of amides is 1. The summed E-state index contributed by atoms with van der Waals surface area (Å²) in [7, 11) is 1.51. The fourth-order valence-corrected chi connectivity index (χ4v) is 3.44. The Morgan fingerprint density at radius 3 is 2.44 bits per heavy atom. The SMILES string of the molecule is COc1cc2c(Oc3ccc(NC(=O)c4ccccc4)cc3)ccnc2cc1OCC[C@H](N)C(=O)O. The van der Waals surface area contributed by atoms with Crippen LogP contribution in [0.5, 0.6) is 23.0 Å². The molecule has 4 N–H and O–H groups in total. The molecule has 1 atom stereocenters. The molecular weight excluding hydrogens is 462 g/mol. The zero-order valence-electron chi connectivity index (χ0n) is 19.5. The largest absolute Gasteiger partial charge is 0.493 e. The number of rotatable bonds is 10. The van der Waals surface area contributed by atoms with Crippen molar-refractivity contribution in [2.24, 2.45) is 5.73 Å². The van der Waals surface area contributed by atoms with E-state index >= 15 is 0 Å². The molecule has 9 heteroatoms. The van der Waals surface area contributed by atoms with Crippen LogP contribution in [0.25, 0.3) is 10.9 Å². The molecule has 1 amide bonds. The van der Waals surface area contributed by atoms with Gasteiger partial charge in [-0.25, -0.2) is 0 Å². The number of carboxylic acids is 1. The van der Waals surface area contributed by atoms with Crippen LogP contribution in [0.15, 0.2) is 79.0 Å². The Balaban J connectivity index is 1.48. The average molecular weight is 488 g/mol. The van der Waals surface area contributed by atoms with E-state index in [1.165, 1.54) is 7.11 Å². The second-order valence-corrected chi connectivity index (χ2v) is 7.86. The van der Waals surface area contributed by atoms with Crippen LogP contribution in [0.4, 0.5) is 5.69 Å². The lowest BCUT2D eigenvalue weighted by atomic mass is 10.1. The summed E-state index contributed by atoms with van der Waals surface area (Å²) in [4.78, 5) is 27.6. The van der Waals surface area contributed by atoms with E-state index in [1.54, 1.807) is 60.8 Å². The number of carbonyl (C=O) groups excluding carboxylic acids is 1. The normalized spacial score (nSPS) is 11.5. The lowest BCUT2D eigenvalue weighted by molar-refractivity contribution is -0.138. The number of pyridine rings is 1. The number of anilines is 1. The number of nitrogens with two attached hydrogens (primary N) is 1. The molecule has 0 unspecified atom stereocenters. The second kappa shape index (κ2) is 11.2. The number of methoxy groups -OCH3 is 1. The van der Waals surface area contributed by atoms with E-state index in [1.807, 2.05) is 18.2 Å². The van der Waals surface area contributed by atoms with Gasteiger partial charge in [-0.1, -0.05) is 18.2 Å². The molecular formula is C27H25N3O6. The third-order valence-electron chi connectivity index (χ3n) is 5.37. The molecule has 1 heterocycles. The number of carbonyl (C=O) groups is 2. The van der Waals surface area contributed by atoms with Gasteiger partial charge in [-0.15, -0.1) is 0 Å². The first-order valence-corrected chi connectivity index (χ1v) is 11.2. The highest BCUT2D eigenvalue weighted by Gasteiger charge is 2.15. The third kappa shape index (κ3) is 5.89. The number of aliphatic carboxylic acids is 1. The molecule has 9 nitrogen and oxygen atoms in total. The van der Waals surface area contributed by atoms with Crippen LogP contribution in [0.2, 0.25) is 0 Å². The summed E-state index contributed by atoms with van der Waals surface area (Å²) in [6.45, 7) is 0.110. The Morgan fingerprint density at radius 1 is 1.00 bits per heavy atom. The summed E-state index contributed by atoms with van der Waals surface area (Å²) < 4.78 is 17.2. The Bertz CT molecular complexity index is 1360. The van der Waals surface area contributed by atoms with Crippen molar-refractivity contribution < 1.29 is 28.9 Å². The molecule has 3 aromatic carbocycles. The van der Waals surface area contributed by atoms with Crippen LogP contribution >= 0.6 is 0 Å². The highest BCUT2D eigenvalue weighted by Crippen LogP contribution is 2.37. The standard InChI is InChI=1S/C27H25N3O6/c1-34-24-15-20-22(16-25(24)35-14-12-21(28)27(32)33)29-13-11-23(20)36-19-9-7-18(8-10-19)30-26(31)17-5-3-2-4-6-17/h2-11,13,15-16,21H,12,14,28H2,1H3,(H,30,31)(H,32,33)/t21-/m0/s1. The molecule has 0 saturated carbocycles. The smallest absolute Gasteiger partial charge is 0.320 e. The minimum Gasteiger partial charge on any atom is -0.493 e. The number of benzene rings is 3. The van der Waals surface area contributed by atoms with Gasteiger partial charge >= 0.3 is 5.97 Å². The molecule has 4 aromatic rings. The minimum atomic E-state index is -1.08. The maximum Gasteiger partial charge on any atom is 0.320 e. The number of aromatic nitrogens is 1. The summed E-state index contributed by atoms with van der Waals surface area (Å²) >= 11 is 0. The van der Waals surface area contributed by atoms with Crippen LogP contribution in [-0.4, -0.2) is 41.7 Å². The number of fused-ring (bicyclic) bond motifs is 1. The van der Waals surface area contributed by atoms with Gasteiger partial charge in [0.05, 0.1) is 19.2 Å². The number of ether oxygens (including phenoxy) is 3. The highest BCUT2D eigenvalue weighted by atomic mass is 16.5. The minimum absolute atomic E-state index is 0.110. The Labute approximate surface area is 207 Å². The van der Waals surface area contributed by atoms with Crippen molar-refractivity contribution in [3.63, 3.8) is 0 Å². The molecule has 0 fully saturated rings. The summed E-state index contributed by atoms with van der Waals surface area (Å²) in [6.07, 6.45) is 1.76. The van der Waals surface area contributed by atoms with Crippen molar-refractivity contribution in [2.45, 2.75) is 12.5 Å². The van der Waals surface area contributed by atoms with E-state index in [4.69, 9.17) is 25.1 Å². The zero-order chi connectivity index (χ0) is 25.5.